The molecule has 0 radical (unpaired) electrons. The Hall–Kier alpha value is -2.85. The predicted molar refractivity (Wildman–Crippen MR) is 105 cm³/mol. The molecule has 26 heavy (non-hydrogen) atoms. The van der Waals surface area contributed by atoms with Crippen molar-refractivity contribution in [2.45, 2.75) is 19.5 Å². The fourth-order valence-electron chi connectivity index (χ4n) is 2.54. The topological polar surface area (TPSA) is 54.0 Å². The highest BCUT2D eigenvalue weighted by molar-refractivity contribution is 6.30. The lowest BCUT2D eigenvalue weighted by Crippen LogP contribution is -2.24. The molecule has 1 heterocycles. The zero-order valence-corrected chi connectivity index (χ0v) is 15.0. The van der Waals surface area contributed by atoms with Gasteiger partial charge in [0.1, 0.15) is 0 Å². The van der Waals surface area contributed by atoms with Gasteiger partial charge >= 0.3 is 0 Å². The van der Waals surface area contributed by atoms with Crippen LogP contribution in [0.25, 0.3) is 0 Å². The molecular formula is C21H20ClN3O. The molecule has 0 aliphatic carbocycles. The monoisotopic (exact) mass is 365 g/mol. The van der Waals surface area contributed by atoms with Crippen LogP contribution in [-0.2, 0) is 24.3 Å². The third kappa shape index (κ3) is 5.60. The highest BCUT2D eigenvalue weighted by Gasteiger charge is 2.04. The summed E-state index contributed by atoms with van der Waals surface area (Å²) in [6, 6.07) is 19.4. The molecule has 1 amide bonds. The lowest BCUT2D eigenvalue weighted by molar-refractivity contribution is -0.120. The molecule has 4 nitrogen and oxygen atoms in total. The van der Waals surface area contributed by atoms with Crippen LogP contribution >= 0.6 is 11.6 Å². The molecule has 1 aromatic heterocycles. The molecule has 0 aliphatic rings. The highest BCUT2D eigenvalue weighted by Crippen LogP contribution is 2.14. The van der Waals surface area contributed by atoms with Gasteiger partial charge in [-0.2, -0.15) is 0 Å². The summed E-state index contributed by atoms with van der Waals surface area (Å²) in [4.78, 5) is 16.0. The van der Waals surface area contributed by atoms with Crippen LogP contribution in [0.1, 0.15) is 16.7 Å². The van der Waals surface area contributed by atoms with E-state index in [0.29, 0.717) is 19.5 Å². The summed E-state index contributed by atoms with van der Waals surface area (Å²) in [5.41, 5.74) is 4.14. The molecule has 132 valence electrons. The first-order chi connectivity index (χ1) is 12.7. The molecule has 2 aromatic carbocycles. The van der Waals surface area contributed by atoms with Gasteiger partial charge in [-0.1, -0.05) is 35.9 Å². The molecule has 0 saturated carbocycles. The second kappa shape index (κ2) is 9.02. The Morgan fingerprint density at radius 1 is 0.885 bits per heavy atom. The predicted octanol–water partition coefficient (Wildman–Crippen LogP) is 4.21. The highest BCUT2D eigenvalue weighted by atomic mass is 35.5. The van der Waals surface area contributed by atoms with Crippen LogP contribution in [0.3, 0.4) is 0 Å². The Bertz CT molecular complexity index is 851. The zero-order valence-electron chi connectivity index (χ0n) is 14.3. The van der Waals surface area contributed by atoms with Gasteiger partial charge in [-0.25, -0.2) is 0 Å². The van der Waals surface area contributed by atoms with E-state index in [4.69, 9.17) is 11.6 Å². The smallest absolute Gasteiger partial charge is 0.224 e. The van der Waals surface area contributed by atoms with Gasteiger partial charge in [0.05, 0.1) is 6.42 Å². The fraction of sp³-hybridized carbons (Fsp3) is 0.143. The standard InChI is InChI=1S/C21H20ClN3O/c22-19-3-1-2-18(12-19)15-24-20-6-4-16(5-7-20)13-21(26)25-14-17-8-10-23-11-9-17/h1-12,24H,13-15H2,(H,25,26). The van der Waals surface area contributed by atoms with E-state index in [1.807, 2.05) is 60.7 Å². The number of nitrogens with one attached hydrogen (secondary N) is 2. The number of amides is 1. The number of rotatable bonds is 7. The third-order valence-corrected chi connectivity index (χ3v) is 4.18. The fourth-order valence-corrected chi connectivity index (χ4v) is 2.75. The Labute approximate surface area is 158 Å². The van der Waals surface area contributed by atoms with Crippen LogP contribution < -0.4 is 10.6 Å². The van der Waals surface area contributed by atoms with E-state index in [2.05, 4.69) is 15.6 Å². The molecule has 3 rings (SSSR count). The van der Waals surface area contributed by atoms with Gasteiger partial charge in [0.15, 0.2) is 0 Å². The van der Waals surface area contributed by atoms with E-state index in [1.165, 1.54) is 0 Å². The summed E-state index contributed by atoms with van der Waals surface area (Å²) in [5, 5.41) is 7.00. The lowest BCUT2D eigenvalue weighted by Gasteiger charge is -2.09. The van der Waals surface area contributed by atoms with E-state index in [1.54, 1.807) is 12.4 Å². The van der Waals surface area contributed by atoms with Crippen molar-refractivity contribution in [3.63, 3.8) is 0 Å². The van der Waals surface area contributed by atoms with Gasteiger partial charge in [-0.15, -0.1) is 0 Å². The minimum atomic E-state index is 0.00134. The zero-order chi connectivity index (χ0) is 18.2. The number of pyridine rings is 1. The molecule has 0 aliphatic heterocycles. The van der Waals surface area contributed by atoms with Gasteiger partial charge in [-0.3, -0.25) is 9.78 Å². The molecule has 0 saturated heterocycles. The van der Waals surface area contributed by atoms with Crippen molar-refractivity contribution >= 4 is 23.2 Å². The minimum absolute atomic E-state index is 0.00134. The molecule has 2 N–H and O–H groups in total. The second-order valence-electron chi connectivity index (χ2n) is 5.99. The van der Waals surface area contributed by atoms with Crippen LogP contribution in [0.4, 0.5) is 5.69 Å². The number of hydrogen-bond donors (Lipinski definition) is 2. The quantitative estimate of drug-likeness (QED) is 0.659. The number of nitrogens with zero attached hydrogens (tertiary/aromatic N) is 1. The summed E-state index contributed by atoms with van der Waals surface area (Å²) < 4.78 is 0. The average Bonchev–Trinajstić information content (AvgIpc) is 2.67. The van der Waals surface area contributed by atoms with Crippen LogP contribution in [0, 0.1) is 0 Å². The number of hydrogen-bond acceptors (Lipinski definition) is 3. The van der Waals surface area contributed by atoms with Crippen LogP contribution in [0.5, 0.6) is 0 Å². The van der Waals surface area contributed by atoms with Crippen molar-refractivity contribution in [1.82, 2.24) is 10.3 Å². The molecule has 0 atom stereocenters. The first-order valence-electron chi connectivity index (χ1n) is 8.42. The number of benzene rings is 2. The van der Waals surface area contributed by atoms with E-state index in [-0.39, 0.29) is 5.91 Å². The molecule has 5 heteroatoms. The minimum Gasteiger partial charge on any atom is -0.381 e. The van der Waals surface area contributed by atoms with Crippen molar-refractivity contribution in [1.29, 1.82) is 0 Å². The van der Waals surface area contributed by atoms with E-state index in [0.717, 1.165) is 27.4 Å². The Morgan fingerprint density at radius 3 is 2.38 bits per heavy atom. The summed E-state index contributed by atoms with van der Waals surface area (Å²) >= 11 is 5.99. The number of carbonyl (C=O) groups is 1. The molecular weight excluding hydrogens is 346 g/mol. The van der Waals surface area contributed by atoms with Gasteiger partial charge in [-0.05, 0) is 53.1 Å². The number of halogens is 1. The van der Waals surface area contributed by atoms with Crippen molar-refractivity contribution in [2.24, 2.45) is 0 Å². The first-order valence-corrected chi connectivity index (χ1v) is 8.80. The molecule has 0 fully saturated rings. The maximum atomic E-state index is 12.1. The van der Waals surface area contributed by atoms with Crippen molar-refractivity contribution < 1.29 is 4.79 Å². The van der Waals surface area contributed by atoms with Gasteiger partial charge in [0.2, 0.25) is 5.91 Å². The average molecular weight is 366 g/mol. The van der Waals surface area contributed by atoms with Crippen molar-refractivity contribution in [2.75, 3.05) is 5.32 Å². The molecule has 3 aromatic rings. The first kappa shape index (κ1) is 18.0. The van der Waals surface area contributed by atoms with Crippen LogP contribution in [0.15, 0.2) is 73.1 Å². The summed E-state index contributed by atoms with van der Waals surface area (Å²) in [5.74, 6) is 0.00134. The number of aromatic nitrogens is 1. The summed E-state index contributed by atoms with van der Waals surface area (Å²) in [6.45, 7) is 1.22. The van der Waals surface area contributed by atoms with E-state index < -0.39 is 0 Å². The number of anilines is 1. The van der Waals surface area contributed by atoms with Crippen LogP contribution in [0.2, 0.25) is 5.02 Å². The molecule has 0 spiro atoms. The Kier molecular flexibility index (Phi) is 6.23. The maximum Gasteiger partial charge on any atom is 0.224 e. The second-order valence-corrected chi connectivity index (χ2v) is 6.43. The van der Waals surface area contributed by atoms with E-state index in [9.17, 15) is 4.79 Å². The normalized spacial score (nSPS) is 10.3. The van der Waals surface area contributed by atoms with Crippen molar-refractivity contribution in [3.8, 4) is 0 Å². The lowest BCUT2D eigenvalue weighted by atomic mass is 10.1. The maximum absolute atomic E-state index is 12.1. The van der Waals surface area contributed by atoms with Crippen LogP contribution in [-0.4, -0.2) is 10.9 Å². The van der Waals surface area contributed by atoms with Gasteiger partial charge in [0.25, 0.3) is 0 Å². The van der Waals surface area contributed by atoms with Gasteiger partial charge < -0.3 is 10.6 Å². The molecule has 0 unspecified atom stereocenters. The summed E-state index contributed by atoms with van der Waals surface area (Å²) in [7, 11) is 0. The number of carbonyl (C=O) groups excluding carboxylic acids is 1. The van der Waals surface area contributed by atoms with E-state index >= 15 is 0 Å². The Balaban J connectivity index is 1.47. The largest absolute Gasteiger partial charge is 0.381 e. The Morgan fingerprint density at radius 2 is 1.65 bits per heavy atom. The summed E-state index contributed by atoms with van der Waals surface area (Å²) in [6.07, 6.45) is 3.80. The van der Waals surface area contributed by atoms with Gasteiger partial charge in [0, 0.05) is 36.2 Å². The van der Waals surface area contributed by atoms with Crippen molar-refractivity contribution in [3.05, 3.63) is 94.8 Å². The molecule has 0 bridgehead atoms. The third-order valence-electron chi connectivity index (χ3n) is 3.94. The SMILES string of the molecule is O=C(Cc1ccc(NCc2cccc(Cl)c2)cc1)NCc1ccncc1.